The minimum atomic E-state index is -0.360. The molecule has 0 aromatic carbocycles. The third-order valence-corrected chi connectivity index (χ3v) is 3.32. The number of amides is 1. The van der Waals surface area contributed by atoms with Gasteiger partial charge >= 0.3 is 5.69 Å². The zero-order chi connectivity index (χ0) is 13.4. The Balaban J connectivity index is 2.26. The number of carbonyl (C=O) groups is 1. The van der Waals surface area contributed by atoms with Gasteiger partial charge in [-0.15, -0.1) is 0 Å². The molecule has 18 heavy (non-hydrogen) atoms. The fraction of sp³-hybridized carbons (Fsp3) is 0.545. The van der Waals surface area contributed by atoms with Crippen LogP contribution < -0.4 is 21.5 Å². The van der Waals surface area contributed by atoms with Crippen LogP contribution >= 0.6 is 0 Å². The van der Waals surface area contributed by atoms with Crippen LogP contribution in [-0.2, 0) is 18.9 Å². The van der Waals surface area contributed by atoms with E-state index < -0.39 is 0 Å². The summed E-state index contributed by atoms with van der Waals surface area (Å²) in [6.07, 6.45) is 0. The van der Waals surface area contributed by atoms with Gasteiger partial charge in [-0.1, -0.05) is 0 Å². The first-order valence-corrected chi connectivity index (χ1v) is 5.69. The van der Waals surface area contributed by atoms with Gasteiger partial charge in [-0.25, -0.2) is 4.79 Å². The van der Waals surface area contributed by atoms with E-state index in [0.29, 0.717) is 18.9 Å². The molecular weight excluding hydrogens is 236 g/mol. The molecule has 1 aliphatic rings. The Morgan fingerprint density at radius 3 is 2.44 bits per heavy atom. The smallest absolute Gasteiger partial charge is 0.332 e. The van der Waals surface area contributed by atoms with Gasteiger partial charge < -0.3 is 10.2 Å². The van der Waals surface area contributed by atoms with Crippen LogP contribution in [0.5, 0.6) is 0 Å². The van der Waals surface area contributed by atoms with E-state index in [1.165, 1.54) is 17.7 Å². The number of rotatable bonds is 2. The maximum atomic E-state index is 11.7. The van der Waals surface area contributed by atoms with Crippen molar-refractivity contribution in [3.05, 3.63) is 26.9 Å². The van der Waals surface area contributed by atoms with E-state index in [9.17, 15) is 14.4 Å². The highest BCUT2D eigenvalue weighted by molar-refractivity contribution is 5.81. The molecule has 1 saturated heterocycles. The number of carbonyl (C=O) groups excluding carboxylic acids is 1. The lowest BCUT2D eigenvalue weighted by molar-refractivity contribution is -0.125. The Bertz CT molecular complexity index is 595. The average molecular weight is 252 g/mol. The summed E-state index contributed by atoms with van der Waals surface area (Å²) >= 11 is 0. The first kappa shape index (κ1) is 12.4. The SMILES string of the molecule is CNC(=O)C1CN(c2cc(=O)n(C)c(=O)n2C)C1. The molecule has 1 fully saturated rings. The number of hydrogen-bond donors (Lipinski definition) is 1. The number of anilines is 1. The van der Waals surface area contributed by atoms with Crippen molar-refractivity contribution < 1.29 is 4.79 Å². The summed E-state index contributed by atoms with van der Waals surface area (Å²) in [4.78, 5) is 36.5. The number of nitrogens with zero attached hydrogens (tertiary/aromatic N) is 3. The molecule has 0 unspecified atom stereocenters. The molecule has 0 radical (unpaired) electrons. The van der Waals surface area contributed by atoms with Gasteiger partial charge in [-0.2, -0.15) is 0 Å². The maximum Gasteiger partial charge on any atom is 0.332 e. The van der Waals surface area contributed by atoms with Crippen LogP contribution in [0.15, 0.2) is 15.7 Å². The lowest BCUT2D eigenvalue weighted by Crippen LogP contribution is -2.55. The van der Waals surface area contributed by atoms with Gasteiger partial charge in [0.05, 0.1) is 5.92 Å². The third-order valence-electron chi connectivity index (χ3n) is 3.32. The molecule has 1 amide bonds. The minimum absolute atomic E-state index is 0.0138. The van der Waals surface area contributed by atoms with Crippen molar-refractivity contribution in [1.82, 2.24) is 14.5 Å². The van der Waals surface area contributed by atoms with Crippen molar-refractivity contribution in [2.24, 2.45) is 20.0 Å². The first-order chi connectivity index (χ1) is 8.45. The highest BCUT2D eigenvalue weighted by atomic mass is 16.2. The Morgan fingerprint density at radius 2 is 1.89 bits per heavy atom. The quantitative estimate of drug-likeness (QED) is 0.678. The van der Waals surface area contributed by atoms with Crippen LogP contribution in [0.2, 0.25) is 0 Å². The molecule has 0 atom stereocenters. The van der Waals surface area contributed by atoms with E-state index in [4.69, 9.17) is 0 Å². The molecule has 0 spiro atoms. The van der Waals surface area contributed by atoms with Gasteiger partial charge in [0.2, 0.25) is 5.91 Å². The van der Waals surface area contributed by atoms with E-state index in [0.717, 1.165) is 4.57 Å². The average Bonchev–Trinajstić information content (AvgIpc) is 2.30. The van der Waals surface area contributed by atoms with E-state index in [1.54, 1.807) is 14.1 Å². The topological polar surface area (TPSA) is 76.3 Å². The molecule has 2 heterocycles. The summed E-state index contributed by atoms with van der Waals surface area (Å²) in [5.74, 6) is 0.470. The predicted molar refractivity (Wildman–Crippen MR) is 66.7 cm³/mol. The molecule has 1 aromatic rings. The fourth-order valence-corrected chi connectivity index (χ4v) is 2.06. The normalized spacial score (nSPS) is 15.4. The Morgan fingerprint density at radius 1 is 1.28 bits per heavy atom. The fourth-order valence-electron chi connectivity index (χ4n) is 2.06. The zero-order valence-electron chi connectivity index (χ0n) is 10.6. The second kappa shape index (κ2) is 4.32. The van der Waals surface area contributed by atoms with Crippen LogP contribution in [-0.4, -0.2) is 35.2 Å². The summed E-state index contributed by atoms with van der Waals surface area (Å²) in [7, 11) is 4.65. The van der Waals surface area contributed by atoms with Crippen molar-refractivity contribution in [3.63, 3.8) is 0 Å². The standard InChI is InChI=1S/C11H16N4O3/c1-12-10(17)7-5-15(6-7)8-4-9(16)14(3)11(18)13(8)2/h4,7H,5-6H2,1-3H3,(H,12,17). The van der Waals surface area contributed by atoms with Crippen molar-refractivity contribution in [1.29, 1.82) is 0 Å². The Labute approximate surface area is 104 Å². The molecule has 0 bridgehead atoms. The molecule has 1 N–H and O–H groups in total. The maximum absolute atomic E-state index is 11.7. The van der Waals surface area contributed by atoms with Gasteiger partial charge in [0, 0.05) is 40.3 Å². The van der Waals surface area contributed by atoms with Crippen LogP contribution in [0, 0.1) is 5.92 Å². The molecule has 0 saturated carbocycles. The van der Waals surface area contributed by atoms with Crippen LogP contribution in [0.25, 0.3) is 0 Å². The molecular formula is C11H16N4O3. The highest BCUT2D eigenvalue weighted by Gasteiger charge is 2.33. The van der Waals surface area contributed by atoms with Crippen LogP contribution in [0.3, 0.4) is 0 Å². The van der Waals surface area contributed by atoms with Crippen molar-refractivity contribution in [2.45, 2.75) is 0 Å². The molecule has 1 aliphatic heterocycles. The number of aromatic nitrogens is 2. The molecule has 2 rings (SSSR count). The van der Waals surface area contributed by atoms with Gasteiger partial charge in [0.25, 0.3) is 5.56 Å². The van der Waals surface area contributed by atoms with Gasteiger partial charge in [0.15, 0.2) is 0 Å². The largest absolute Gasteiger partial charge is 0.359 e. The van der Waals surface area contributed by atoms with Crippen molar-refractivity contribution >= 4 is 11.7 Å². The summed E-state index contributed by atoms with van der Waals surface area (Å²) in [5.41, 5.74) is -0.697. The van der Waals surface area contributed by atoms with E-state index in [1.807, 2.05) is 4.90 Å². The summed E-state index contributed by atoms with van der Waals surface area (Å²) in [6.45, 7) is 1.06. The van der Waals surface area contributed by atoms with Gasteiger partial charge in [-0.05, 0) is 0 Å². The van der Waals surface area contributed by atoms with E-state index >= 15 is 0 Å². The minimum Gasteiger partial charge on any atom is -0.359 e. The van der Waals surface area contributed by atoms with Crippen molar-refractivity contribution in [2.75, 3.05) is 25.0 Å². The third kappa shape index (κ3) is 1.81. The molecule has 0 aliphatic carbocycles. The summed E-state index contributed by atoms with van der Waals surface area (Å²) < 4.78 is 2.47. The number of hydrogen-bond acceptors (Lipinski definition) is 4. The second-order valence-electron chi connectivity index (χ2n) is 4.46. The molecule has 98 valence electrons. The molecule has 7 nitrogen and oxygen atoms in total. The Hall–Kier alpha value is -2.05. The highest BCUT2D eigenvalue weighted by Crippen LogP contribution is 2.21. The van der Waals surface area contributed by atoms with Gasteiger partial charge in [0.1, 0.15) is 5.82 Å². The summed E-state index contributed by atoms with van der Waals surface area (Å²) in [5, 5.41) is 2.59. The molecule has 7 heteroatoms. The van der Waals surface area contributed by atoms with E-state index in [2.05, 4.69) is 5.32 Å². The molecule has 1 aromatic heterocycles. The Kier molecular flexibility index (Phi) is 2.98. The second-order valence-corrected chi connectivity index (χ2v) is 4.46. The van der Waals surface area contributed by atoms with Crippen molar-refractivity contribution in [3.8, 4) is 0 Å². The van der Waals surface area contributed by atoms with Crippen LogP contribution in [0.1, 0.15) is 0 Å². The monoisotopic (exact) mass is 252 g/mol. The number of nitrogens with one attached hydrogen (secondary N) is 1. The van der Waals surface area contributed by atoms with Gasteiger partial charge in [-0.3, -0.25) is 18.7 Å². The first-order valence-electron chi connectivity index (χ1n) is 5.69. The lowest BCUT2D eigenvalue weighted by Gasteiger charge is -2.40. The zero-order valence-corrected chi connectivity index (χ0v) is 10.6. The lowest BCUT2D eigenvalue weighted by atomic mass is 9.99. The summed E-state index contributed by atoms with van der Waals surface area (Å²) in [6, 6.07) is 1.42. The predicted octanol–water partition coefficient (Wildman–Crippen LogP) is -1.73. The van der Waals surface area contributed by atoms with Crippen LogP contribution in [0.4, 0.5) is 5.82 Å². The van der Waals surface area contributed by atoms with E-state index in [-0.39, 0.29) is 23.1 Å².